The van der Waals surface area contributed by atoms with Crippen molar-refractivity contribution < 1.29 is 9.59 Å². The van der Waals surface area contributed by atoms with Gasteiger partial charge in [-0.25, -0.2) is 0 Å². The average molecular weight is 212 g/mol. The summed E-state index contributed by atoms with van der Waals surface area (Å²) in [7, 11) is 1.65. The SMILES string of the molecule is CCN(CC(=O)NC)C1CCC(=O)CC1. The maximum Gasteiger partial charge on any atom is 0.233 e. The molecule has 0 heterocycles. The van der Waals surface area contributed by atoms with E-state index in [4.69, 9.17) is 0 Å². The van der Waals surface area contributed by atoms with E-state index >= 15 is 0 Å². The molecule has 0 aromatic heterocycles. The Balaban J connectivity index is 2.44. The predicted octanol–water partition coefficient (Wildman–Crippen LogP) is 0.566. The zero-order chi connectivity index (χ0) is 11.3. The Morgan fingerprint density at radius 2 is 2.07 bits per heavy atom. The van der Waals surface area contributed by atoms with Gasteiger partial charge >= 0.3 is 0 Å². The molecule has 0 unspecified atom stereocenters. The molecule has 0 radical (unpaired) electrons. The van der Waals surface area contributed by atoms with Crippen molar-refractivity contribution in [1.82, 2.24) is 10.2 Å². The average Bonchev–Trinajstić information content (AvgIpc) is 2.27. The summed E-state index contributed by atoms with van der Waals surface area (Å²) in [6.07, 6.45) is 3.16. The number of carbonyl (C=O) groups is 2. The van der Waals surface area contributed by atoms with Gasteiger partial charge in [0.2, 0.25) is 5.91 Å². The van der Waals surface area contributed by atoms with Crippen LogP contribution in [0.4, 0.5) is 0 Å². The number of hydrogen-bond acceptors (Lipinski definition) is 3. The topological polar surface area (TPSA) is 49.4 Å². The van der Waals surface area contributed by atoms with Crippen LogP contribution in [0.1, 0.15) is 32.6 Å². The van der Waals surface area contributed by atoms with Gasteiger partial charge in [-0.1, -0.05) is 6.92 Å². The molecule has 1 fully saturated rings. The molecule has 15 heavy (non-hydrogen) atoms. The Kier molecular flexibility index (Phi) is 4.75. The summed E-state index contributed by atoms with van der Waals surface area (Å²) in [5.41, 5.74) is 0. The minimum absolute atomic E-state index is 0.0498. The van der Waals surface area contributed by atoms with Gasteiger partial charge < -0.3 is 5.32 Å². The lowest BCUT2D eigenvalue weighted by Gasteiger charge is -2.32. The van der Waals surface area contributed by atoms with E-state index in [2.05, 4.69) is 17.1 Å². The standard InChI is InChI=1S/C11H20N2O2/c1-3-13(8-11(15)12-2)9-4-6-10(14)7-5-9/h9H,3-8H2,1-2H3,(H,12,15). The third-order valence-corrected chi connectivity index (χ3v) is 3.06. The van der Waals surface area contributed by atoms with Crippen LogP contribution in [0.3, 0.4) is 0 Å². The third kappa shape index (κ3) is 3.63. The lowest BCUT2D eigenvalue weighted by molar-refractivity contribution is -0.123. The molecule has 1 saturated carbocycles. The van der Waals surface area contributed by atoms with Crippen LogP contribution in [0, 0.1) is 0 Å². The van der Waals surface area contributed by atoms with Crippen LogP contribution in [0.2, 0.25) is 0 Å². The molecule has 0 saturated heterocycles. The first-order valence-corrected chi connectivity index (χ1v) is 5.63. The fourth-order valence-corrected chi connectivity index (χ4v) is 2.05. The van der Waals surface area contributed by atoms with Crippen molar-refractivity contribution in [3.05, 3.63) is 0 Å². The molecule has 4 nitrogen and oxygen atoms in total. The molecule has 0 atom stereocenters. The van der Waals surface area contributed by atoms with E-state index in [1.54, 1.807) is 7.05 Å². The number of nitrogens with zero attached hydrogens (tertiary/aromatic N) is 1. The zero-order valence-electron chi connectivity index (χ0n) is 9.58. The van der Waals surface area contributed by atoms with Crippen LogP contribution in [-0.2, 0) is 9.59 Å². The van der Waals surface area contributed by atoms with Gasteiger partial charge in [0.05, 0.1) is 6.54 Å². The number of hydrogen-bond donors (Lipinski definition) is 1. The highest BCUT2D eigenvalue weighted by Gasteiger charge is 2.24. The molecule has 86 valence electrons. The van der Waals surface area contributed by atoms with Crippen molar-refractivity contribution >= 4 is 11.7 Å². The third-order valence-electron chi connectivity index (χ3n) is 3.06. The fraction of sp³-hybridized carbons (Fsp3) is 0.818. The molecule has 0 bridgehead atoms. The van der Waals surface area contributed by atoms with E-state index in [9.17, 15) is 9.59 Å². The van der Waals surface area contributed by atoms with Crippen molar-refractivity contribution in [1.29, 1.82) is 0 Å². The highest BCUT2D eigenvalue weighted by Crippen LogP contribution is 2.19. The van der Waals surface area contributed by atoms with Gasteiger partial charge in [0.25, 0.3) is 0 Å². The van der Waals surface area contributed by atoms with Gasteiger partial charge in [0.15, 0.2) is 0 Å². The Morgan fingerprint density at radius 1 is 1.47 bits per heavy atom. The van der Waals surface area contributed by atoms with Crippen LogP contribution in [0.15, 0.2) is 0 Å². The molecule has 1 amide bonds. The summed E-state index contributed by atoms with van der Waals surface area (Å²) >= 11 is 0. The van der Waals surface area contributed by atoms with Crippen molar-refractivity contribution in [2.45, 2.75) is 38.6 Å². The van der Waals surface area contributed by atoms with E-state index in [1.807, 2.05) is 0 Å². The van der Waals surface area contributed by atoms with Crippen molar-refractivity contribution in [2.75, 3.05) is 20.1 Å². The summed E-state index contributed by atoms with van der Waals surface area (Å²) in [6, 6.07) is 0.407. The Morgan fingerprint density at radius 3 is 2.53 bits per heavy atom. The second-order valence-electron chi connectivity index (χ2n) is 4.01. The maximum atomic E-state index is 11.3. The van der Waals surface area contributed by atoms with Crippen LogP contribution in [0.25, 0.3) is 0 Å². The molecular weight excluding hydrogens is 192 g/mol. The largest absolute Gasteiger partial charge is 0.358 e. The summed E-state index contributed by atoms with van der Waals surface area (Å²) in [4.78, 5) is 24.5. The van der Waals surface area contributed by atoms with Crippen LogP contribution in [-0.4, -0.2) is 42.8 Å². The normalized spacial score (nSPS) is 18.2. The first kappa shape index (κ1) is 12.2. The minimum atomic E-state index is 0.0498. The molecule has 1 N–H and O–H groups in total. The van der Waals surface area contributed by atoms with Gasteiger partial charge in [-0.15, -0.1) is 0 Å². The lowest BCUT2D eigenvalue weighted by atomic mass is 9.93. The van der Waals surface area contributed by atoms with E-state index in [0.717, 1.165) is 19.4 Å². The molecular formula is C11H20N2O2. The molecule has 0 aromatic rings. The van der Waals surface area contributed by atoms with Crippen LogP contribution < -0.4 is 5.32 Å². The Hall–Kier alpha value is -0.900. The summed E-state index contributed by atoms with van der Waals surface area (Å²) in [5, 5.41) is 2.63. The van der Waals surface area contributed by atoms with E-state index in [1.165, 1.54) is 0 Å². The number of amides is 1. The number of nitrogens with one attached hydrogen (secondary N) is 1. The van der Waals surface area contributed by atoms with Gasteiger partial charge in [-0.3, -0.25) is 14.5 Å². The van der Waals surface area contributed by atoms with E-state index in [-0.39, 0.29) is 5.91 Å². The molecule has 1 rings (SSSR count). The molecule has 4 heteroatoms. The Bertz CT molecular complexity index is 231. The first-order valence-electron chi connectivity index (χ1n) is 5.63. The van der Waals surface area contributed by atoms with E-state index < -0.39 is 0 Å². The van der Waals surface area contributed by atoms with Gasteiger partial charge in [0.1, 0.15) is 5.78 Å². The smallest absolute Gasteiger partial charge is 0.233 e. The maximum absolute atomic E-state index is 11.3. The summed E-state index contributed by atoms with van der Waals surface area (Å²) in [6.45, 7) is 3.37. The second-order valence-corrected chi connectivity index (χ2v) is 4.01. The molecule has 0 aromatic carbocycles. The molecule has 1 aliphatic carbocycles. The minimum Gasteiger partial charge on any atom is -0.358 e. The molecule has 0 aliphatic heterocycles. The molecule has 0 spiro atoms. The summed E-state index contributed by atoms with van der Waals surface area (Å²) in [5.74, 6) is 0.413. The fourth-order valence-electron chi connectivity index (χ4n) is 2.05. The monoisotopic (exact) mass is 212 g/mol. The number of Topliss-reactive ketones (excluding diaryl/α,β-unsaturated/α-hetero) is 1. The zero-order valence-corrected chi connectivity index (χ0v) is 9.58. The Labute approximate surface area is 91.0 Å². The predicted molar refractivity (Wildman–Crippen MR) is 58.6 cm³/mol. The first-order chi connectivity index (χ1) is 7.17. The van der Waals surface area contributed by atoms with E-state index in [0.29, 0.717) is 31.2 Å². The number of carbonyl (C=O) groups excluding carboxylic acids is 2. The number of ketones is 1. The highest BCUT2D eigenvalue weighted by molar-refractivity contribution is 5.79. The molecule has 1 aliphatic rings. The lowest BCUT2D eigenvalue weighted by Crippen LogP contribution is -2.43. The van der Waals surface area contributed by atoms with Crippen LogP contribution >= 0.6 is 0 Å². The van der Waals surface area contributed by atoms with Crippen molar-refractivity contribution in [3.8, 4) is 0 Å². The van der Waals surface area contributed by atoms with Crippen molar-refractivity contribution in [3.63, 3.8) is 0 Å². The second kappa shape index (κ2) is 5.85. The van der Waals surface area contributed by atoms with Crippen LogP contribution in [0.5, 0.6) is 0 Å². The van der Waals surface area contributed by atoms with Crippen molar-refractivity contribution in [2.24, 2.45) is 0 Å². The number of rotatable bonds is 4. The van der Waals surface area contributed by atoms with Gasteiger partial charge in [-0.2, -0.15) is 0 Å². The quantitative estimate of drug-likeness (QED) is 0.741. The number of likely N-dealkylation sites (N-methyl/N-ethyl adjacent to an activating group) is 2. The summed E-state index contributed by atoms with van der Waals surface area (Å²) < 4.78 is 0. The highest BCUT2D eigenvalue weighted by atomic mass is 16.2. The van der Waals surface area contributed by atoms with Gasteiger partial charge in [-0.05, 0) is 19.4 Å². The van der Waals surface area contributed by atoms with Gasteiger partial charge in [0, 0.05) is 25.9 Å².